The predicted octanol–water partition coefficient (Wildman–Crippen LogP) is 2.56. The van der Waals surface area contributed by atoms with Crippen LogP contribution in [0.2, 0.25) is 0 Å². The van der Waals surface area contributed by atoms with Crippen molar-refractivity contribution in [2.75, 3.05) is 22.1 Å². The maximum atomic E-state index is 12.4. The van der Waals surface area contributed by atoms with Crippen LogP contribution < -0.4 is 15.5 Å². The van der Waals surface area contributed by atoms with Gasteiger partial charge in [0, 0.05) is 30.5 Å². The molecule has 3 amide bonds. The van der Waals surface area contributed by atoms with Crippen LogP contribution in [0.1, 0.15) is 18.9 Å². The number of nitrogens with zero attached hydrogens (tertiary/aromatic N) is 1. The molecule has 2 aromatic carbocycles. The lowest BCUT2D eigenvalue weighted by molar-refractivity contribution is -0.125. The molecule has 128 valence electrons. The van der Waals surface area contributed by atoms with Crippen molar-refractivity contribution in [2.45, 2.75) is 19.8 Å². The van der Waals surface area contributed by atoms with Gasteiger partial charge in [-0.05, 0) is 42.3 Å². The van der Waals surface area contributed by atoms with Crippen LogP contribution >= 0.6 is 0 Å². The van der Waals surface area contributed by atoms with Crippen molar-refractivity contribution in [1.82, 2.24) is 0 Å². The average Bonchev–Trinajstić information content (AvgIpc) is 3.00. The van der Waals surface area contributed by atoms with Crippen LogP contribution in [0.15, 0.2) is 48.5 Å². The van der Waals surface area contributed by atoms with Crippen molar-refractivity contribution in [3.8, 4) is 0 Å². The molecule has 1 heterocycles. The van der Waals surface area contributed by atoms with Gasteiger partial charge in [-0.2, -0.15) is 0 Å². The maximum Gasteiger partial charge on any atom is 0.236 e. The van der Waals surface area contributed by atoms with Gasteiger partial charge >= 0.3 is 0 Å². The van der Waals surface area contributed by atoms with Gasteiger partial charge in [0.15, 0.2) is 0 Å². The Balaban J connectivity index is 1.58. The summed E-state index contributed by atoms with van der Waals surface area (Å²) in [6, 6.07) is 14.5. The lowest BCUT2D eigenvalue weighted by Crippen LogP contribution is -2.32. The highest BCUT2D eigenvalue weighted by Crippen LogP contribution is 2.27. The van der Waals surface area contributed by atoms with Crippen LogP contribution in [0.25, 0.3) is 0 Å². The highest BCUT2D eigenvalue weighted by atomic mass is 16.2. The smallest absolute Gasteiger partial charge is 0.236 e. The Morgan fingerprint density at radius 3 is 2.28 bits per heavy atom. The first-order chi connectivity index (χ1) is 12.0. The van der Waals surface area contributed by atoms with E-state index >= 15 is 0 Å². The van der Waals surface area contributed by atoms with Gasteiger partial charge in [0.25, 0.3) is 0 Å². The number of para-hydroxylation sites is 1. The molecule has 1 aliphatic rings. The Kier molecular flexibility index (Phi) is 4.79. The summed E-state index contributed by atoms with van der Waals surface area (Å²) >= 11 is 0. The van der Waals surface area contributed by atoms with Crippen LogP contribution in [0.5, 0.6) is 0 Å². The first-order valence-corrected chi connectivity index (χ1v) is 8.09. The molecule has 0 saturated carbocycles. The van der Waals surface area contributed by atoms with Crippen molar-refractivity contribution in [2.24, 2.45) is 0 Å². The minimum Gasteiger partial charge on any atom is -0.326 e. The van der Waals surface area contributed by atoms with Crippen molar-refractivity contribution in [1.29, 1.82) is 0 Å². The SMILES string of the molecule is CC(=O)Nc1ccc(NC(=O)CC(=O)N2CCc3ccccc32)cc1. The molecule has 0 radical (unpaired) electrons. The Morgan fingerprint density at radius 1 is 0.960 bits per heavy atom. The van der Waals surface area contributed by atoms with E-state index in [0.717, 1.165) is 17.7 Å². The van der Waals surface area contributed by atoms with E-state index in [1.165, 1.54) is 6.92 Å². The van der Waals surface area contributed by atoms with Crippen LogP contribution in [-0.2, 0) is 20.8 Å². The minimum atomic E-state index is -0.360. The minimum absolute atomic E-state index is 0.159. The number of amides is 3. The zero-order valence-electron chi connectivity index (χ0n) is 13.9. The molecule has 0 atom stereocenters. The third-order valence-electron chi connectivity index (χ3n) is 3.99. The van der Waals surface area contributed by atoms with Crippen LogP contribution in [0.4, 0.5) is 17.1 Å². The van der Waals surface area contributed by atoms with E-state index in [9.17, 15) is 14.4 Å². The van der Waals surface area contributed by atoms with Gasteiger partial charge in [0.1, 0.15) is 6.42 Å². The lowest BCUT2D eigenvalue weighted by Gasteiger charge is -2.17. The van der Waals surface area contributed by atoms with E-state index in [4.69, 9.17) is 0 Å². The van der Waals surface area contributed by atoms with E-state index in [2.05, 4.69) is 10.6 Å². The highest BCUT2D eigenvalue weighted by Gasteiger charge is 2.25. The van der Waals surface area contributed by atoms with Crippen molar-refractivity contribution in [3.05, 3.63) is 54.1 Å². The van der Waals surface area contributed by atoms with Crippen molar-refractivity contribution < 1.29 is 14.4 Å². The summed E-state index contributed by atoms with van der Waals surface area (Å²) in [5, 5.41) is 5.35. The normalized spacial score (nSPS) is 12.4. The van der Waals surface area contributed by atoms with E-state index in [-0.39, 0.29) is 24.1 Å². The van der Waals surface area contributed by atoms with Gasteiger partial charge in [-0.3, -0.25) is 14.4 Å². The Bertz CT molecular complexity index is 815. The first kappa shape index (κ1) is 16.7. The standard InChI is InChI=1S/C19H19N3O3/c1-13(23)20-15-6-8-16(9-7-15)21-18(24)12-19(25)22-11-10-14-4-2-3-5-17(14)22/h2-9H,10-12H2,1H3,(H,20,23)(H,21,24). The van der Waals surface area contributed by atoms with Gasteiger partial charge < -0.3 is 15.5 Å². The summed E-state index contributed by atoms with van der Waals surface area (Å²) in [5.74, 6) is -0.729. The topological polar surface area (TPSA) is 78.5 Å². The summed E-state index contributed by atoms with van der Waals surface area (Å²) in [7, 11) is 0. The molecule has 3 rings (SSSR count). The molecule has 2 N–H and O–H groups in total. The molecule has 0 aliphatic carbocycles. The fourth-order valence-corrected chi connectivity index (χ4v) is 2.88. The zero-order valence-corrected chi connectivity index (χ0v) is 13.9. The van der Waals surface area contributed by atoms with Crippen LogP contribution in [-0.4, -0.2) is 24.3 Å². The fraction of sp³-hybridized carbons (Fsp3) is 0.211. The average molecular weight is 337 g/mol. The molecule has 0 bridgehead atoms. The maximum absolute atomic E-state index is 12.4. The largest absolute Gasteiger partial charge is 0.326 e. The van der Waals surface area contributed by atoms with Gasteiger partial charge in [0.2, 0.25) is 17.7 Å². The number of hydrogen-bond acceptors (Lipinski definition) is 3. The number of hydrogen-bond donors (Lipinski definition) is 2. The summed E-state index contributed by atoms with van der Waals surface area (Å²) in [6.45, 7) is 2.04. The van der Waals surface area contributed by atoms with Crippen molar-refractivity contribution in [3.63, 3.8) is 0 Å². The van der Waals surface area contributed by atoms with E-state index in [0.29, 0.717) is 17.9 Å². The fourth-order valence-electron chi connectivity index (χ4n) is 2.88. The van der Waals surface area contributed by atoms with Crippen molar-refractivity contribution >= 4 is 34.8 Å². The number of carbonyl (C=O) groups excluding carboxylic acids is 3. The van der Waals surface area contributed by atoms with Gasteiger partial charge in [-0.1, -0.05) is 18.2 Å². The summed E-state index contributed by atoms with van der Waals surface area (Å²) in [4.78, 5) is 37.2. The summed E-state index contributed by atoms with van der Waals surface area (Å²) in [5.41, 5.74) is 3.24. The van der Waals surface area contributed by atoms with Gasteiger partial charge in [0.05, 0.1) is 0 Å². The molecule has 6 nitrogen and oxygen atoms in total. The lowest BCUT2D eigenvalue weighted by atomic mass is 10.2. The summed E-state index contributed by atoms with van der Waals surface area (Å²) in [6.07, 6.45) is 0.607. The van der Waals surface area contributed by atoms with Gasteiger partial charge in [-0.15, -0.1) is 0 Å². The Hall–Kier alpha value is -3.15. The molecule has 0 unspecified atom stereocenters. The van der Waals surface area contributed by atoms with E-state index in [1.807, 2.05) is 24.3 Å². The molecule has 0 fully saturated rings. The highest BCUT2D eigenvalue weighted by molar-refractivity contribution is 6.09. The molecule has 6 heteroatoms. The molecule has 0 aromatic heterocycles. The summed E-state index contributed by atoms with van der Waals surface area (Å²) < 4.78 is 0. The van der Waals surface area contributed by atoms with Gasteiger partial charge in [-0.25, -0.2) is 0 Å². The molecule has 0 spiro atoms. The quantitative estimate of drug-likeness (QED) is 0.842. The number of rotatable bonds is 4. The monoisotopic (exact) mass is 337 g/mol. The Morgan fingerprint density at radius 2 is 1.60 bits per heavy atom. The molecular formula is C19H19N3O3. The first-order valence-electron chi connectivity index (χ1n) is 8.09. The number of carbonyl (C=O) groups is 3. The number of nitrogens with one attached hydrogen (secondary N) is 2. The third kappa shape index (κ3) is 4.03. The Labute approximate surface area is 145 Å². The number of anilines is 3. The van der Waals surface area contributed by atoms with E-state index < -0.39 is 0 Å². The number of benzene rings is 2. The third-order valence-corrected chi connectivity index (χ3v) is 3.99. The second-order valence-corrected chi connectivity index (χ2v) is 5.91. The molecule has 2 aromatic rings. The molecule has 1 aliphatic heterocycles. The number of fused-ring (bicyclic) bond motifs is 1. The second-order valence-electron chi connectivity index (χ2n) is 5.91. The second kappa shape index (κ2) is 7.17. The predicted molar refractivity (Wildman–Crippen MR) is 96.5 cm³/mol. The zero-order chi connectivity index (χ0) is 17.8. The molecular weight excluding hydrogens is 318 g/mol. The molecule has 0 saturated heterocycles. The van der Waals surface area contributed by atoms with Crippen LogP contribution in [0.3, 0.4) is 0 Å². The molecule has 25 heavy (non-hydrogen) atoms. The van der Waals surface area contributed by atoms with Crippen LogP contribution in [0, 0.1) is 0 Å². The van der Waals surface area contributed by atoms with E-state index in [1.54, 1.807) is 29.2 Å².